The van der Waals surface area contributed by atoms with Crippen LogP contribution in [0.4, 0.5) is 0 Å². The van der Waals surface area contributed by atoms with Gasteiger partial charge in [0.2, 0.25) is 0 Å². The first-order valence-electron chi connectivity index (χ1n) is 6.90. The number of epoxide rings is 1. The molecule has 1 aromatic rings. The molecule has 0 bridgehead atoms. The number of benzene rings is 1. The van der Waals surface area contributed by atoms with Gasteiger partial charge in [0.25, 0.3) is 0 Å². The van der Waals surface area contributed by atoms with Crippen LogP contribution in [0.1, 0.15) is 57.3 Å². The van der Waals surface area contributed by atoms with Crippen LogP contribution in [-0.4, -0.2) is 5.60 Å². The van der Waals surface area contributed by atoms with Crippen LogP contribution >= 0.6 is 11.6 Å². The van der Waals surface area contributed by atoms with E-state index in [0.717, 1.165) is 5.02 Å². The minimum Gasteiger partial charge on any atom is -0.359 e. The molecule has 2 unspecified atom stereocenters. The van der Waals surface area contributed by atoms with Crippen LogP contribution in [0.5, 0.6) is 0 Å². The fourth-order valence-electron chi connectivity index (χ4n) is 4.96. The van der Waals surface area contributed by atoms with Gasteiger partial charge in [-0.3, -0.25) is 0 Å². The van der Waals surface area contributed by atoms with Gasteiger partial charge in [0.05, 0.1) is 0 Å². The first-order chi connectivity index (χ1) is 8.42. The van der Waals surface area contributed by atoms with Crippen molar-refractivity contribution >= 4 is 11.6 Å². The molecule has 2 heteroatoms. The average molecular weight is 263 g/mol. The molecule has 0 amide bonds. The molecule has 0 N–H and O–H groups in total. The van der Waals surface area contributed by atoms with Crippen LogP contribution in [0.2, 0.25) is 5.02 Å². The Hall–Kier alpha value is -0.530. The van der Waals surface area contributed by atoms with Crippen molar-refractivity contribution in [3.05, 3.63) is 34.3 Å². The molecular weight excluding hydrogens is 244 g/mol. The second kappa shape index (κ2) is 2.96. The van der Waals surface area contributed by atoms with E-state index in [1.165, 1.54) is 30.4 Å². The van der Waals surface area contributed by atoms with Gasteiger partial charge in [-0.25, -0.2) is 0 Å². The smallest absolute Gasteiger partial charge is 0.114 e. The van der Waals surface area contributed by atoms with Gasteiger partial charge in [-0.15, -0.1) is 0 Å². The van der Waals surface area contributed by atoms with E-state index in [9.17, 15) is 0 Å². The summed E-state index contributed by atoms with van der Waals surface area (Å²) >= 11 is 6.16. The number of hydrogen-bond donors (Lipinski definition) is 0. The number of hydrogen-bond acceptors (Lipinski definition) is 1. The standard InChI is InChI=1S/C16H19ClO/c1-14(2)7-4-8-15(3)12-6-5-10(17)9-11(12)13-16(14,15)18-13/h5-6,9,13H,4,7-8H2,1-3H3/t13?,15-,16?/m1/s1. The van der Waals surface area contributed by atoms with E-state index in [4.69, 9.17) is 16.3 Å². The largest absolute Gasteiger partial charge is 0.359 e. The first-order valence-corrected chi connectivity index (χ1v) is 7.28. The van der Waals surface area contributed by atoms with Crippen molar-refractivity contribution in [2.24, 2.45) is 5.41 Å². The van der Waals surface area contributed by atoms with Crippen molar-refractivity contribution in [3.63, 3.8) is 0 Å². The molecule has 96 valence electrons. The molecule has 1 saturated heterocycles. The Morgan fingerprint density at radius 1 is 1.22 bits per heavy atom. The Labute approximate surface area is 113 Å². The molecule has 2 aliphatic carbocycles. The molecule has 1 aromatic carbocycles. The predicted molar refractivity (Wildman–Crippen MR) is 73.0 cm³/mol. The zero-order valence-corrected chi connectivity index (χ0v) is 12.0. The highest BCUT2D eigenvalue weighted by Crippen LogP contribution is 2.77. The highest BCUT2D eigenvalue weighted by Gasteiger charge is 2.79. The monoisotopic (exact) mass is 262 g/mol. The second-order valence-corrected chi connectivity index (χ2v) is 7.47. The topological polar surface area (TPSA) is 12.5 Å². The first kappa shape index (κ1) is 11.3. The minimum absolute atomic E-state index is 0.0330. The summed E-state index contributed by atoms with van der Waals surface area (Å²) < 4.78 is 6.29. The van der Waals surface area contributed by atoms with Gasteiger partial charge in [-0.2, -0.15) is 0 Å². The van der Waals surface area contributed by atoms with Crippen LogP contribution in [-0.2, 0) is 10.2 Å². The van der Waals surface area contributed by atoms with Crippen LogP contribution in [0.25, 0.3) is 0 Å². The van der Waals surface area contributed by atoms with Gasteiger partial charge in [0.15, 0.2) is 0 Å². The second-order valence-electron chi connectivity index (χ2n) is 7.03. The summed E-state index contributed by atoms with van der Waals surface area (Å²) in [6.45, 7) is 7.14. The molecular formula is C16H19ClO. The van der Waals surface area contributed by atoms with Crippen molar-refractivity contribution in [1.82, 2.24) is 0 Å². The summed E-state index contributed by atoms with van der Waals surface area (Å²) in [7, 11) is 0. The molecule has 0 radical (unpaired) electrons. The van der Waals surface area contributed by atoms with Gasteiger partial charge >= 0.3 is 0 Å². The average Bonchev–Trinajstić information content (AvgIpc) is 2.99. The van der Waals surface area contributed by atoms with Crippen molar-refractivity contribution in [2.75, 3.05) is 0 Å². The highest BCUT2D eigenvalue weighted by molar-refractivity contribution is 6.30. The third kappa shape index (κ3) is 0.981. The molecule has 1 aliphatic heterocycles. The van der Waals surface area contributed by atoms with Crippen LogP contribution in [0.3, 0.4) is 0 Å². The van der Waals surface area contributed by atoms with E-state index in [1.807, 2.05) is 6.07 Å². The maximum atomic E-state index is 6.29. The third-order valence-corrected chi connectivity index (χ3v) is 6.05. The maximum Gasteiger partial charge on any atom is 0.114 e. The summed E-state index contributed by atoms with van der Waals surface area (Å²) in [5, 5.41) is 0.833. The molecule has 4 rings (SSSR count). The van der Waals surface area contributed by atoms with Gasteiger partial charge in [-0.1, -0.05) is 44.9 Å². The van der Waals surface area contributed by atoms with Gasteiger partial charge in [0, 0.05) is 10.4 Å². The molecule has 0 aromatic heterocycles. The van der Waals surface area contributed by atoms with Crippen LogP contribution in [0, 0.1) is 5.41 Å². The summed E-state index contributed by atoms with van der Waals surface area (Å²) in [6.07, 6.45) is 4.08. The van der Waals surface area contributed by atoms with E-state index >= 15 is 0 Å². The normalized spacial score (nSPS) is 43.0. The summed E-state index contributed by atoms with van der Waals surface area (Å²) in [5.41, 5.74) is 3.30. The van der Waals surface area contributed by atoms with Gasteiger partial charge < -0.3 is 4.74 Å². The summed E-state index contributed by atoms with van der Waals surface area (Å²) in [4.78, 5) is 0. The molecule has 2 fully saturated rings. The quantitative estimate of drug-likeness (QED) is 0.621. The Bertz CT molecular complexity index is 550. The number of halogens is 1. The highest BCUT2D eigenvalue weighted by atomic mass is 35.5. The lowest BCUT2D eigenvalue weighted by Crippen LogP contribution is -2.51. The van der Waals surface area contributed by atoms with E-state index in [-0.39, 0.29) is 22.5 Å². The van der Waals surface area contributed by atoms with Crippen LogP contribution in [0.15, 0.2) is 18.2 Å². The minimum atomic E-state index is 0.0330. The van der Waals surface area contributed by atoms with Crippen molar-refractivity contribution in [1.29, 1.82) is 0 Å². The molecule has 18 heavy (non-hydrogen) atoms. The lowest BCUT2D eigenvalue weighted by molar-refractivity contribution is 0.0158. The number of rotatable bonds is 0. The van der Waals surface area contributed by atoms with Crippen molar-refractivity contribution < 1.29 is 4.74 Å². The molecule has 1 spiro atoms. The summed E-state index contributed by atoms with van der Waals surface area (Å²) in [5.74, 6) is 0. The Balaban J connectivity index is 1.97. The fourth-order valence-corrected chi connectivity index (χ4v) is 5.14. The van der Waals surface area contributed by atoms with E-state index in [1.54, 1.807) is 0 Å². The van der Waals surface area contributed by atoms with E-state index in [0.29, 0.717) is 0 Å². The maximum absolute atomic E-state index is 6.29. The number of ether oxygens (including phenoxy) is 1. The zero-order chi connectivity index (χ0) is 12.8. The Morgan fingerprint density at radius 2 is 2.00 bits per heavy atom. The van der Waals surface area contributed by atoms with Crippen molar-refractivity contribution in [3.8, 4) is 0 Å². The van der Waals surface area contributed by atoms with Crippen LogP contribution < -0.4 is 0 Å². The summed E-state index contributed by atoms with van der Waals surface area (Å²) in [6, 6.07) is 6.39. The Kier molecular flexibility index (Phi) is 1.86. The SMILES string of the molecule is CC1(C)CCC[C@]2(C)c3ccc(Cl)cc3C3OC312. The lowest BCUT2D eigenvalue weighted by Gasteiger charge is -2.48. The third-order valence-electron chi connectivity index (χ3n) is 5.81. The van der Waals surface area contributed by atoms with E-state index < -0.39 is 0 Å². The van der Waals surface area contributed by atoms with Gasteiger partial charge in [-0.05, 0) is 41.5 Å². The molecule has 3 aliphatic rings. The molecule has 3 atom stereocenters. The molecule has 1 nitrogen and oxygen atoms in total. The van der Waals surface area contributed by atoms with E-state index in [2.05, 4.69) is 32.9 Å². The zero-order valence-electron chi connectivity index (χ0n) is 11.2. The van der Waals surface area contributed by atoms with Gasteiger partial charge in [0.1, 0.15) is 11.7 Å². The predicted octanol–water partition coefficient (Wildman–Crippen LogP) is 4.63. The Morgan fingerprint density at radius 3 is 2.78 bits per heavy atom. The fraction of sp³-hybridized carbons (Fsp3) is 0.625. The lowest BCUT2D eigenvalue weighted by atomic mass is 9.56. The molecule has 1 heterocycles. The van der Waals surface area contributed by atoms with Crippen molar-refractivity contribution in [2.45, 2.75) is 57.2 Å². The number of fused-ring (bicyclic) bond motifs is 3. The molecule has 1 saturated carbocycles.